The minimum Gasteiger partial charge on any atom is -0.487 e. The number of hydrogen-bond donors (Lipinski definition) is 1. The van der Waals surface area contributed by atoms with Gasteiger partial charge in [0.05, 0.1) is 0 Å². The van der Waals surface area contributed by atoms with Crippen molar-refractivity contribution in [2.75, 3.05) is 13.1 Å². The fraction of sp³-hybridized carbons (Fsp3) is 0.571. The molecule has 0 bridgehead atoms. The molecule has 2 aliphatic rings. The SMILES string of the molecule is CC1(C2CCNCC2)Cc2cc(F)ccc2O1. The molecule has 0 saturated carbocycles. The molecule has 2 heterocycles. The highest BCUT2D eigenvalue weighted by Crippen LogP contribution is 2.41. The van der Waals surface area contributed by atoms with Crippen molar-refractivity contribution in [1.82, 2.24) is 5.32 Å². The second-order valence-corrected chi connectivity index (χ2v) is 5.37. The Morgan fingerprint density at radius 2 is 2.12 bits per heavy atom. The van der Waals surface area contributed by atoms with Gasteiger partial charge in [-0.2, -0.15) is 0 Å². The monoisotopic (exact) mass is 235 g/mol. The average molecular weight is 235 g/mol. The summed E-state index contributed by atoms with van der Waals surface area (Å²) in [4.78, 5) is 0. The molecule has 2 nitrogen and oxygen atoms in total. The van der Waals surface area contributed by atoms with E-state index in [1.807, 2.05) is 0 Å². The third-order valence-electron chi connectivity index (χ3n) is 4.11. The third kappa shape index (κ3) is 1.93. The first-order chi connectivity index (χ1) is 8.17. The van der Waals surface area contributed by atoms with Gasteiger partial charge in [0.2, 0.25) is 0 Å². The van der Waals surface area contributed by atoms with Gasteiger partial charge < -0.3 is 10.1 Å². The summed E-state index contributed by atoms with van der Waals surface area (Å²) in [6, 6.07) is 4.85. The molecule has 0 aromatic heterocycles. The van der Waals surface area contributed by atoms with E-state index in [2.05, 4.69) is 12.2 Å². The van der Waals surface area contributed by atoms with E-state index in [9.17, 15) is 4.39 Å². The molecule has 1 fully saturated rings. The number of fused-ring (bicyclic) bond motifs is 1. The molecule has 92 valence electrons. The first-order valence-corrected chi connectivity index (χ1v) is 6.35. The fourth-order valence-corrected chi connectivity index (χ4v) is 3.11. The van der Waals surface area contributed by atoms with E-state index in [4.69, 9.17) is 4.74 Å². The van der Waals surface area contributed by atoms with Crippen LogP contribution in [-0.2, 0) is 6.42 Å². The van der Waals surface area contributed by atoms with E-state index in [0.29, 0.717) is 5.92 Å². The van der Waals surface area contributed by atoms with Crippen LogP contribution in [0.4, 0.5) is 4.39 Å². The van der Waals surface area contributed by atoms with Gasteiger partial charge in [0.15, 0.2) is 0 Å². The largest absolute Gasteiger partial charge is 0.487 e. The van der Waals surface area contributed by atoms with Crippen molar-refractivity contribution >= 4 is 0 Å². The molecule has 17 heavy (non-hydrogen) atoms. The van der Waals surface area contributed by atoms with Gasteiger partial charge in [0.25, 0.3) is 0 Å². The normalized spacial score (nSPS) is 28.8. The lowest BCUT2D eigenvalue weighted by atomic mass is 9.79. The van der Waals surface area contributed by atoms with E-state index in [-0.39, 0.29) is 11.4 Å². The predicted molar refractivity (Wildman–Crippen MR) is 64.7 cm³/mol. The van der Waals surface area contributed by atoms with Crippen LogP contribution < -0.4 is 10.1 Å². The van der Waals surface area contributed by atoms with Gasteiger partial charge in [-0.15, -0.1) is 0 Å². The van der Waals surface area contributed by atoms with Crippen molar-refractivity contribution in [3.05, 3.63) is 29.6 Å². The maximum atomic E-state index is 13.2. The summed E-state index contributed by atoms with van der Waals surface area (Å²) in [7, 11) is 0. The zero-order valence-corrected chi connectivity index (χ0v) is 10.1. The van der Waals surface area contributed by atoms with Crippen molar-refractivity contribution in [2.45, 2.75) is 31.8 Å². The van der Waals surface area contributed by atoms with Crippen LogP contribution in [0.25, 0.3) is 0 Å². The molecule has 1 N–H and O–H groups in total. The number of hydrogen-bond acceptors (Lipinski definition) is 2. The summed E-state index contributed by atoms with van der Waals surface area (Å²) in [6.45, 7) is 4.30. The highest BCUT2D eigenvalue weighted by molar-refractivity contribution is 5.39. The van der Waals surface area contributed by atoms with Gasteiger partial charge in [-0.1, -0.05) is 0 Å². The Balaban J connectivity index is 1.83. The van der Waals surface area contributed by atoms with Crippen molar-refractivity contribution in [3.63, 3.8) is 0 Å². The Bertz CT molecular complexity index is 428. The third-order valence-corrected chi connectivity index (χ3v) is 4.11. The van der Waals surface area contributed by atoms with Gasteiger partial charge in [-0.05, 0) is 51.1 Å². The summed E-state index contributed by atoms with van der Waals surface area (Å²) >= 11 is 0. The summed E-state index contributed by atoms with van der Waals surface area (Å²) in [6.07, 6.45) is 3.13. The van der Waals surface area contributed by atoms with Crippen LogP contribution in [0.1, 0.15) is 25.3 Å². The predicted octanol–water partition coefficient (Wildman–Crippen LogP) is 2.52. The highest BCUT2D eigenvalue weighted by atomic mass is 19.1. The number of rotatable bonds is 1. The smallest absolute Gasteiger partial charge is 0.123 e. The molecule has 1 saturated heterocycles. The highest BCUT2D eigenvalue weighted by Gasteiger charge is 2.42. The van der Waals surface area contributed by atoms with Gasteiger partial charge in [0.1, 0.15) is 17.2 Å². The Kier molecular flexibility index (Phi) is 2.58. The van der Waals surface area contributed by atoms with E-state index < -0.39 is 0 Å². The van der Waals surface area contributed by atoms with Crippen molar-refractivity contribution in [1.29, 1.82) is 0 Å². The van der Waals surface area contributed by atoms with Crippen molar-refractivity contribution in [2.24, 2.45) is 5.92 Å². The molecule has 0 radical (unpaired) electrons. The summed E-state index contributed by atoms with van der Waals surface area (Å²) in [5.74, 6) is 1.27. The van der Waals surface area contributed by atoms with Gasteiger partial charge >= 0.3 is 0 Å². The zero-order chi connectivity index (χ0) is 11.9. The van der Waals surface area contributed by atoms with Crippen LogP contribution in [0.15, 0.2) is 18.2 Å². The molecule has 1 atom stereocenters. The van der Waals surface area contributed by atoms with Crippen LogP contribution in [0, 0.1) is 11.7 Å². The number of benzene rings is 1. The van der Waals surface area contributed by atoms with Crippen LogP contribution in [0.2, 0.25) is 0 Å². The summed E-state index contributed by atoms with van der Waals surface area (Å²) < 4.78 is 19.3. The molecule has 1 aromatic rings. The maximum Gasteiger partial charge on any atom is 0.123 e. The van der Waals surface area contributed by atoms with Crippen LogP contribution >= 0.6 is 0 Å². The average Bonchev–Trinajstić information content (AvgIpc) is 2.67. The van der Waals surface area contributed by atoms with Gasteiger partial charge in [-0.25, -0.2) is 4.39 Å². The quantitative estimate of drug-likeness (QED) is 0.807. The van der Waals surface area contributed by atoms with Crippen LogP contribution in [0.3, 0.4) is 0 Å². The maximum absolute atomic E-state index is 13.2. The second-order valence-electron chi connectivity index (χ2n) is 5.37. The molecular weight excluding hydrogens is 217 g/mol. The van der Waals surface area contributed by atoms with Crippen molar-refractivity contribution < 1.29 is 9.13 Å². The van der Waals surface area contributed by atoms with Crippen LogP contribution in [-0.4, -0.2) is 18.7 Å². The molecule has 3 heteroatoms. The van der Waals surface area contributed by atoms with Crippen LogP contribution in [0.5, 0.6) is 5.75 Å². The number of piperidine rings is 1. The fourth-order valence-electron chi connectivity index (χ4n) is 3.11. The Labute approximate surface area is 101 Å². The Morgan fingerprint density at radius 1 is 1.35 bits per heavy atom. The van der Waals surface area contributed by atoms with E-state index in [1.165, 1.54) is 6.07 Å². The first kappa shape index (κ1) is 11.0. The molecule has 1 aromatic carbocycles. The molecule has 0 spiro atoms. The van der Waals surface area contributed by atoms with E-state index in [1.54, 1.807) is 12.1 Å². The van der Waals surface area contributed by atoms with Crippen molar-refractivity contribution in [3.8, 4) is 5.75 Å². The van der Waals surface area contributed by atoms with Gasteiger partial charge in [0, 0.05) is 17.9 Å². The number of halogens is 1. The molecule has 0 amide bonds. The lowest BCUT2D eigenvalue weighted by Crippen LogP contribution is -2.44. The summed E-state index contributed by atoms with van der Waals surface area (Å²) in [5, 5.41) is 3.37. The Morgan fingerprint density at radius 3 is 2.88 bits per heavy atom. The van der Waals surface area contributed by atoms with E-state index in [0.717, 1.165) is 43.7 Å². The molecule has 2 aliphatic heterocycles. The minimum absolute atomic E-state index is 0.141. The Hall–Kier alpha value is -1.09. The lowest BCUT2D eigenvalue weighted by Gasteiger charge is -2.36. The number of ether oxygens (including phenoxy) is 1. The van der Waals surface area contributed by atoms with Gasteiger partial charge in [-0.3, -0.25) is 0 Å². The molecular formula is C14H18FNO. The zero-order valence-electron chi connectivity index (χ0n) is 10.1. The summed E-state index contributed by atoms with van der Waals surface area (Å²) in [5.41, 5.74) is 0.879. The standard InChI is InChI=1S/C14H18FNO/c1-14(11-4-6-16-7-5-11)9-10-8-12(15)2-3-13(10)17-14/h2-3,8,11,16H,4-7,9H2,1H3. The number of nitrogens with one attached hydrogen (secondary N) is 1. The first-order valence-electron chi connectivity index (χ1n) is 6.35. The minimum atomic E-state index is -0.165. The second kappa shape index (κ2) is 3.98. The van der Waals surface area contributed by atoms with E-state index >= 15 is 0 Å². The molecule has 1 unspecified atom stereocenters. The molecule has 3 rings (SSSR count). The topological polar surface area (TPSA) is 21.3 Å². The molecule has 0 aliphatic carbocycles. The lowest BCUT2D eigenvalue weighted by molar-refractivity contribution is 0.0319.